The van der Waals surface area contributed by atoms with E-state index in [1.165, 1.54) is 4.90 Å². The van der Waals surface area contributed by atoms with Crippen LogP contribution in [0.25, 0.3) is 0 Å². The van der Waals surface area contributed by atoms with E-state index in [0.29, 0.717) is 5.75 Å². The second-order valence-corrected chi connectivity index (χ2v) is 10.9. The molecule has 2 saturated heterocycles. The molecule has 2 aliphatic heterocycles. The van der Waals surface area contributed by atoms with E-state index in [2.05, 4.69) is 20.8 Å². The molecule has 1 aromatic carbocycles. The Labute approximate surface area is 159 Å². The van der Waals surface area contributed by atoms with E-state index in [1.807, 2.05) is 24.3 Å². The van der Waals surface area contributed by atoms with Crippen molar-refractivity contribution in [1.29, 1.82) is 0 Å². The molecule has 2 fully saturated rings. The summed E-state index contributed by atoms with van der Waals surface area (Å²) >= 11 is 0. The van der Waals surface area contributed by atoms with Gasteiger partial charge in [-0.1, -0.05) is 32.9 Å². The van der Waals surface area contributed by atoms with Gasteiger partial charge in [-0.05, 0) is 29.5 Å². The van der Waals surface area contributed by atoms with E-state index in [0.717, 1.165) is 5.56 Å². The van der Waals surface area contributed by atoms with Gasteiger partial charge >= 0.3 is 0 Å². The summed E-state index contributed by atoms with van der Waals surface area (Å²) in [6, 6.07) is 7.55. The second-order valence-electron chi connectivity index (χ2n) is 8.44. The Morgan fingerprint density at radius 2 is 1.81 bits per heavy atom. The van der Waals surface area contributed by atoms with Crippen LogP contribution >= 0.6 is 0 Å². The van der Waals surface area contributed by atoms with Crippen molar-refractivity contribution in [2.24, 2.45) is 11.7 Å². The number of amides is 2. The molecule has 3 rings (SSSR count). The van der Waals surface area contributed by atoms with Crippen LogP contribution in [0.2, 0.25) is 0 Å². The number of hydrogen-bond donors (Lipinski definition) is 1. The molecule has 2 N–H and O–H groups in total. The van der Waals surface area contributed by atoms with Gasteiger partial charge in [-0.2, -0.15) is 0 Å². The Morgan fingerprint density at radius 3 is 2.33 bits per heavy atom. The topological polar surface area (TPSA) is 107 Å². The fourth-order valence-electron chi connectivity index (χ4n) is 3.84. The number of nitrogens with zero attached hydrogens (tertiary/aromatic N) is 1. The fraction of sp³-hybridized carbons (Fsp3) is 0.579. The highest BCUT2D eigenvalue weighted by Crippen LogP contribution is 2.44. The number of nitrogens with two attached hydrogens (primary N) is 1. The normalized spacial score (nSPS) is 23.1. The summed E-state index contributed by atoms with van der Waals surface area (Å²) in [5.41, 5.74) is 6.56. The minimum Gasteiger partial charge on any atom is -0.484 e. The lowest BCUT2D eigenvalue weighted by Gasteiger charge is -2.48. The molecule has 0 aliphatic carbocycles. The van der Waals surface area contributed by atoms with Gasteiger partial charge in [0.05, 0.1) is 11.7 Å². The molecule has 1 unspecified atom stereocenters. The van der Waals surface area contributed by atoms with Crippen LogP contribution in [0.5, 0.6) is 5.75 Å². The van der Waals surface area contributed by atoms with Gasteiger partial charge in [0.2, 0.25) is 5.91 Å². The number of hydrogen-bond acceptors (Lipinski definition) is 5. The van der Waals surface area contributed by atoms with Gasteiger partial charge in [0, 0.05) is 13.1 Å². The summed E-state index contributed by atoms with van der Waals surface area (Å²) in [7, 11) is -3.43. The van der Waals surface area contributed by atoms with Crippen LogP contribution in [0.15, 0.2) is 24.3 Å². The first kappa shape index (κ1) is 19.7. The van der Waals surface area contributed by atoms with E-state index in [4.69, 9.17) is 10.5 Å². The number of rotatable bonds is 4. The number of carbonyl (C=O) groups is 2. The van der Waals surface area contributed by atoms with Gasteiger partial charge in [0.15, 0.2) is 16.4 Å². The highest BCUT2D eigenvalue weighted by molar-refractivity contribution is 7.93. The highest BCUT2D eigenvalue weighted by atomic mass is 32.2. The Kier molecular flexibility index (Phi) is 4.74. The van der Waals surface area contributed by atoms with Gasteiger partial charge in [0.1, 0.15) is 10.5 Å². The zero-order chi connectivity index (χ0) is 20.0. The van der Waals surface area contributed by atoms with Crippen LogP contribution in [0, 0.1) is 5.92 Å². The van der Waals surface area contributed by atoms with Crippen molar-refractivity contribution >= 4 is 21.7 Å². The number of carbonyl (C=O) groups excluding carboxylic acids is 2. The van der Waals surface area contributed by atoms with Crippen molar-refractivity contribution in [2.75, 3.05) is 25.4 Å². The third-order valence-electron chi connectivity index (χ3n) is 5.63. The lowest BCUT2D eigenvalue weighted by molar-refractivity contribution is -0.141. The van der Waals surface area contributed by atoms with Crippen LogP contribution in [0.1, 0.15) is 32.8 Å². The summed E-state index contributed by atoms with van der Waals surface area (Å²) in [5, 5.41) is 0. The molecule has 27 heavy (non-hydrogen) atoms. The molecule has 2 aliphatic rings. The van der Waals surface area contributed by atoms with Crippen molar-refractivity contribution in [3.8, 4) is 5.75 Å². The van der Waals surface area contributed by atoms with Crippen LogP contribution in [0.3, 0.4) is 0 Å². The largest absolute Gasteiger partial charge is 0.484 e. The molecule has 7 nitrogen and oxygen atoms in total. The zero-order valence-corrected chi connectivity index (χ0v) is 16.7. The SMILES string of the molecule is CC(C)(C)c1ccc(OCC(=O)N2CC3(C2)C(C(N)=O)CCS3(=O)=O)cc1. The predicted molar refractivity (Wildman–Crippen MR) is 101 cm³/mol. The van der Waals surface area contributed by atoms with Gasteiger partial charge in [0.25, 0.3) is 5.91 Å². The van der Waals surface area contributed by atoms with Crippen molar-refractivity contribution in [2.45, 2.75) is 37.4 Å². The molecule has 148 valence electrons. The molecule has 2 heterocycles. The highest BCUT2D eigenvalue weighted by Gasteiger charge is 2.64. The first-order valence-corrected chi connectivity index (χ1v) is 10.6. The number of ether oxygens (including phenoxy) is 1. The Bertz CT molecular complexity index is 849. The number of benzene rings is 1. The summed E-state index contributed by atoms with van der Waals surface area (Å²) in [4.78, 5) is 25.4. The van der Waals surface area contributed by atoms with Crippen LogP contribution < -0.4 is 10.5 Å². The summed E-state index contributed by atoms with van der Waals surface area (Å²) < 4.78 is 29.1. The molecule has 0 bridgehead atoms. The molecular weight excluding hydrogens is 368 g/mol. The van der Waals surface area contributed by atoms with E-state index >= 15 is 0 Å². The van der Waals surface area contributed by atoms with E-state index in [1.54, 1.807) is 0 Å². The molecule has 0 saturated carbocycles. The molecule has 8 heteroatoms. The maximum atomic E-state index is 12.4. The molecule has 0 aromatic heterocycles. The standard InChI is InChI=1S/C19H26N2O5S/c1-18(2,3)13-4-6-14(7-5-13)26-10-16(22)21-11-19(12-21)15(17(20)23)8-9-27(19,24)25/h4-7,15H,8-12H2,1-3H3,(H2,20,23). The molecule has 1 aromatic rings. The first-order chi connectivity index (χ1) is 12.5. The minimum atomic E-state index is -3.43. The number of primary amides is 1. The van der Waals surface area contributed by atoms with E-state index in [9.17, 15) is 18.0 Å². The van der Waals surface area contributed by atoms with Gasteiger partial charge in [-0.15, -0.1) is 0 Å². The molecular formula is C19H26N2O5S. The lowest BCUT2D eigenvalue weighted by atomic mass is 9.82. The van der Waals surface area contributed by atoms with Gasteiger partial charge in [-0.25, -0.2) is 8.42 Å². The Morgan fingerprint density at radius 1 is 1.22 bits per heavy atom. The summed E-state index contributed by atoms with van der Waals surface area (Å²) in [6.45, 7) is 6.18. The quantitative estimate of drug-likeness (QED) is 0.815. The van der Waals surface area contributed by atoms with Crippen LogP contribution in [0.4, 0.5) is 0 Å². The Hall–Kier alpha value is -2.09. The maximum Gasteiger partial charge on any atom is 0.260 e. The lowest BCUT2D eigenvalue weighted by Crippen LogP contribution is -2.70. The van der Waals surface area contributed by atoms with Crippen molar-refractivity contribution in [3.63, 3.8) is 0 Å². The number of likely N-dealkylation sites (tertiary alicyclic amines) is 1. The van der Waals surface area contributed by atoms with E-state index in [-0.39, 0.29) is 43.2 Å². The molecule has 2 amide bonds. The summed E-state index contributed by atoms with van der Waals surface area (Å²) in [6.07, 6.45) is 0.232. The zero-order valence-electron chi connectivity index (χ0n) is 15.9. The second kappa shape index (κ2) is 6.51. The van der Waals surface area contributed by atoms with Gasteiger partial charge in [-0.3, -0.25) is 9.59 Å². The van der Waals surface area contributed by atoms with Crippen LogP contribution in [-0.2, 0) is 24.8 Å². The third-order valence-corrected chi connectivity index (χ3v) is 8.18. The average molecular weight is 394 g/mol. The van der Waals surface area contributed by atoms with E-state index < -0.39 is 26.4 Å². The predicted octanol–water partition coefficient (Wildman–Crippen LogP) is 0.864. The van der Waals surface area contributed by atoms with Crippen molar-refractivity contribution in [3.05, 3.63) is 29.8 Å². The monoisotopic (exact) mass is 394 g/mol. The first-order valence-electron chi connectivity index (χ1n) is 8.99. The Balaban J connectivity index is 1.59. The van der Waals surface area contributed by atoms with Crippen LogP contribution in [-0.4, -0.2) is 55.3 Å². The van der Waals surface area contributed by atoms with Crippen molar-refractivity contribution in [1.82, 2.24) is 4.90 Å². The smallest absolute Gasteiger partial charge is 0.260 e. The fourth-order valence-corrected chi connectivity index (χ4v) is 6.16. The molecule has 1 atom stereocenters. The minimum absolute atomic E-state index is 0.00803. The average Bonchev–Trinajstić information content (AvgIpc) is 2.82. The number of sulfone groups is 1. The van der Waals surface area contributed by atoms with Crippen molar-refractivity contribution < 1.29 is 22.7 Å². The maximum absolute atomic E-state index is 12.4. The third kappa shape index (κ3) is 3.42. The molecule has 1 spiro atoms. The summed E-state index contributed by atoms with van der Waals surface area (Å²) in [5.74, 6) is -1.11. The molecule has 0 radical (unpaired) electrons. The van der Waals surface area contributed by atoms with Gasteiger partial charge < -0.3 is 15.4 Å².